The number of ether oxygens (including phenoxy) is 1. The molecule has 1 heterocycles. The Hall–Kier alpha value is -3.93. The molecule has 0 aliphatic heterocycles. The van der Waals surface area contributed by atoms with Crippen LogP contribution in [-0.4, -0.2) is 13.0 Å². The Labute approximate surface area is 165 Å². The molecule has 4 aromatic rings. The van der Waals surface area contributed by atoms with E-state index in [1.165, 1.54) is 25.3 Å². The van der Waals surface area contributed by atoms with Gasteiger partial charge in [-0.05, 0) is 42.5 Å². The molecule has 1 N–H and O–H groups in total. The highest BCUT2D eigenvalue weighted by Gasteiger charge is 2.14. The first-order chi connectivity index (χ1) is 14.1. The minimum Gasteiger partial charge on any atom is -0.496 e. The molecular weight excluding hydrogens is 373 g/mol. The lowest BCUT2D eigenvalue weighted by Gasteiger charge is -2.10. The van der Waals surface area contributed by atoms with Gasteiger partial charge in [0.1, 0.15) is 22.9 Å². The van der Waals surface area contributed by atoms with Gasteiger partial charge in [0.15, 0.2) is 5.43 Å². The molecule has 1 aromatic heterocycles. The molecule has 5 nitrogen and oxygen atoms in total. The van der Waals surface area contributed by atoms with E-state index in [0.29, 0.717) is 22.6 Å². The molecule has 0 aliphatic rings. The molecule has 0 saturated heterocycles. The van der Waals surface area contributed by atoms with Gasteiger partial charge >= 0.3 is 0 Å². The SMILES string of the molecule is COc1ccccc1C(=O)Nc1ccc2oc(-c3ccccc3F)cc(=O)c2c1. The number of hydrogen-bond donors (Lipinski definition) is 1. The highest BCUT2D eigenvalue weighted by atomic mass is 19.1. The Balaban J connectivity index is 1.69. The summed E-state index contributed by atoms with van der Waals surface area (Å²) in [5.41, 5.74) is 0.973. The highest BCUT2D eigenvalue weighted by molar-refractivity contribution is 6.06. The van der Waals surface area contributed by atoms with E-state index in [0.717, 1.165) is 0 Å². The van der Waals surface area contributed by atoms with Crippen molar-refractivity contribution in [3.63, 3.8) is 0 Å². The van der Waals surface area contributed by atoms with Gasteiger partial charge in [-0.3, -0.25) is 9.59 Å². The van der Waals surface area contributed by atoms with Gasteiger partial charge in [0.05, 0.1) is 23.6 Å². The van der Waals surface area contributed by atoms with Crippen molar-refractivity contribution in [3.8, 4) is 17.1 Å². The van der Waals surface area contributed by atoms with Crippen molar-refractivity contribution < 1.29 is 18.3 Å². The summed E-state index contributed by atoms with van der Waals surface area (Å²) >= 11 is 0. The molecule has 0 unspecified atom stereocenters. The average Bonchev–Trinajstić information content (AvgIpc) is 2.74. The molecular formula is C23H16FNO4. The molecule has 0 saturated carbocycles. The van der Waals surface area contributed by atoms with Crippen LogP contribution in [0, 0.1) is 5.82 Å². The second-order valence-corrected chi connectivity index (χ2v) is 6.32. The molecule has 1 amide bonds. The topological polar surface area (TPSA) is 68.5 Å². The Morgan fingerprint density at radius 3 is 2.55 bits per heavy atom. The van der Waals surface area contributed by atoms with Crippen LogP contribution in [-0.2, 0) is 0 Å². The van der Waals surface area contributed by atoms with Crippen LogP contribution >= 0.6 is 0 Å². The van der Waals surface area contributed by atoms with E-state index < -0.39 is 5.82 Å². The zero-order valence-corrected chi connectivity index (χ0v) is 15.4. The van der Waals surface area contributed by atoms with Crippen LogP contribution in [0.25, 0.3) is 22.3 Å². The minimum atomic E-state index is -0.476. The summed E-state index contributed by atoms with van der Waals surface area (Å²) in [4.78, 5) is 25.1. The number of fused-ring (bicyclic) bond motifs is 1. The Morgan fingerprint density at radius 2 is 1.76 bits per heavy atom. The lowest BCUT2D eigenvalue weighted by molar-refractivity contribution is 0.102. The minimum absolute atomic E-state index is 0.145. The van der Waals surface area contributed by atoms with Crippen LogP contribution in [0.2, 0.25) is 0 Å². The summed E-state index contributed by atoms with van der Waals surface area (Å²) in [6, 6.07) is 18.9. The number of benzene rings is 3. The van der Waals surface area contributed by atoms with Crippen LogP contribution in [0.1, 0.15) is 10.4 Å². The van der Waals surface area contributed by atoms with Gasteiger partial charge < -0.3 is 14.5 Å². The van der Waals surface area contributed by atoms with Gasteiger partial charge in [-0.15, -0.1) is 0 Å². The fraction of sp³-hybridized carbons (Fsp3) is 0.0435. The number of amides is 1. The van der Waals surface area contributed by atoms with E-state index in [4.69, 9.17) is 9.15 Å². The predicted molar refractivity (Wildman–Crippen MR) is 109 cm³/mol. The lowest BCUT2D eigenvalue weighted by atomic mass is 10.1. The average molecular weight is 389 g/mol. The Bertz CT molecular complexity index is 1280. The summed E-state index contributed by atoms with van der Waals surface area (Å²) in [7, 11) is 1.49. The normalized spacial score (nSPS) is 10.7. The van der Waals surface area contributed by atoms with Crippen LogP contribution in [0.15, 0.2) is 82.0 Å². The Kier molecular flexibility index (Phi) is 4.83. The van der Waals surface area contributed by atoms with Gasteiger partial charge in [0, 0.05) is 11.8 Å². The van der Waals surface area contributed by atoms with Crippen molar-refractivity contribution in [3.05, 3.63) is 94.4 Å². The highest BCUT2D eigenvalue weighted by Crippen LogP contribution is 2.26. The standard InChI is InChI=1S/C23H16FNO4/c1-28-20-9-5-3-7-16(20)23(27)25-14-10-11-21-17(12-14)19(26)13-22(29-21)15-6-2-4-8-18(15)24/h2-13H,1H3,(H,25,27). The van der Waals surface area contributed by atoms with Crippen molar-refractivity contribution in [2.75, 3.05) is 12.4 Å². The molecule has 6 heteroatoms. The van der Waals surface area contributed by atoms with Crippen LogP contribution in [0.4, 0.5) is 10.1 Å². The summed E-state index contributed by atoms with van der Waals surface area (Å²) in [5, 5.41) is 3.03. The third kappa shape index (κ3) is 3.60. The zero-order chi connectivity index (χ0) is 20.4. The monoisotopic (exact) mass is 389 g/mol. The van der Waals surface area contributed by atoms with E-state index in [-0.39, 0.29) is 28.0 Å². The van der Waals surface area contributed by atoms with Gasteiger partial charge in [0.2, 0.25) is 0 Å². The first-order valence-electron chi connectivity index (χ1n) is 8.84. The van der Waals surface area contributed by atoms with E-state index in [9.17, 15) is 14.0 Å². The van der Waals surface area contributed by atoms with E-state index in [1.807, 2.05) is 0 Å². The van der Waals surface area contributed by atoms with Crippen molar-refractivity contribution in [2.45, 2.75) is 0 Å². The van der Waals surface area contributed by atoms with Gasteiger partial charge in [-0.25, -0.2) is 4.39 Å². The molecule has 0 fully saturated rings. The first kappa shape index (κ1) is 18.4. The molecule has 0 spiro atoms. The molecule has 0 radical (unpaired) electrons. The summed E-state index contributed by atoms with van der Waals surface area (Å²) in [6.07, 6.45) is 0. The fourth-order valence-electron chi connectivity index (χ4n) is 3.06. The van der Waals surface area contributed by atoms with Crippen molar-refractivity contribution in [1.29, 1.82) is 0 Å². The molecule has 4 rings (SSSR count). The predicted octanol–water partition coefficient (Wildman–Crippen LogP) is 4.86. The molecule has 29 heavy (non-hydrogen) atoms. The van der Waals surface area contributed by atoms with Crippen LogP contribution in [0.3, 0.4) is 0 Å². The van der Waals surface area contributed by atoms with Crippen molar-refractivity contribution in [1.82, 2.24) is 0 Å². The number of methoxy groups -OCH3 is 1. The number of halogens is 1. The van der Waals surface area contributed by atoms with Crippen LogP contribution in [0.5, 0.6) is 5.75 Å². The molecule has 0 atom stereocenters. The van der Waals surface area contributed by atoms with Crippen LogP contribution < -0.4 is 15.5 Å². The van der Waals surface area contributed by atoms with Gasteiger partial charge in [-0.1, -0.05) is 24.3 Å². The zero-order valence-electron chi connectivity index (χ0n) is 15.4. The lowest BCUT2D eigenvalue weighted by Crippen LogP contribution is -2.13. The number of hydrogen-bond acceptors (Lipinski definition) is 4. The van der Waals surface area contributed by atoms with Crippen molar-refractivity contribution in [2.24, 2.45) is 0 Å². The second-order valence-electron chi connectivity index (χ2n) is 6.32. The number of carbonyl (C=O) groups is 1. The molecule has 0 aliphatic carbocycles. The maximum atomic E-state index is 14.0. The molecule has 144 valence electrons. The fourth-order valence-corrected chi connectivity index (χ4v) is 3.06. The summed E-state index contributed by atoms with van der Waals surface area (Å²) in [6.45, 7) is 0. The van der Waals surface area contributed by atoms with Gasteiger partial charge in [-0.2, -0.15) is 0 Å². The quantitative estimate of drug-likeness (QED) is 0.541. The molecule has 0 bridgehead atoms. The van der Waals surface area contributed by atoms with Crippen molar-refractivity contribution >= 4 is 22.6 Å². The number of carbonyl (C=O) groups excluding carboxylic acids is 1. The van der Waals surface area contributed by atoms with E-state index in [1.54, 1.807) is 54.6 Å². The number of nitrogens with one attached hydrogen (secondary N) is 1. The third-order valence-electron chi connectivity index (χ3n) is 4.48. The maximum Gasteiger partial charge on any atom is 0.259 e. The summed E-state index contributed by atoms with van der Waals surface area (Å²) in [5.74, 6) is -0.254. The van der Waals surface area contributed by atoms with E-state index in [2.05, 4.69) is 5.32 Å². The molecule has 3 aromatic carbocycles. The smallest absolute Gasteiger partial charge is 0.259 e. The first-order valence-corrected chi connectivity index (χ1v) is 8.84. The summed E-state index contributed by atoms with van der Waals surface area (Å²) < 4.78 is 24.9. The van der Waals surface area contributed by atoms with Gasteiger partial charge in [0.25, 0.3) is 5.91 Å². The Morgan fingerprint density at radius 1 is 1.00 bits per heavy atom. The number of para-hydroxylation sites is 1. The largest absolute Gasteiger partial charge is 0.496 e. The maximum absolute atomic E-state index is 14.0. The number of anilines is 1. The van der Waals surface area contributed by atoms with E-state index >= 15 is 0 Å². The second kappa shape index (κ2) is 7.59. The number of rotatable bonds is 4. The third-order valence-corrected chi connectivity index (χ3v) is 4.48.